The Hall–Kier alpha value is -3.91. The Morgan fingerprint density at radius 2 is 1.21 bits per heavy atom. The summed E-state index contributed by atoms with van der Waals surface area (Å²) in [4.78, 5) is 4.89. The maximum absolute atomic E-state index is 6.24. The van der Waals surface area contributed by atoms with Crippen LogP contribution >= 0.6 is 0 Å². The monoisotopic (exact) mass is 369 g/mol. The predicted molar refractivity (Wildman–Crippen MR) is 121 cm³/mol. The summed E-state index contributed by atoms with van der Waals surface area (Å²) in [6, 6.07) is 31.9. The Morgan fingerprint density at radius 3 is 2.00 bits per heavy atom. The highest BCUT2D eigenvalue weighted by molar-refractivity contribution is 6.35. The summed E-state index contributed by atoms with van der Waals surface area (Å²) < 4.78 is 6.24. The van der Waals surface area contributed by atoms with Gasteiger partial charge in [0.1, 0.15) is 5.52 Å². The van der Waals surface area contributed by atoms with Gasteiger partial charge in [0.15, 0.2) is 5.58 Å². The minimum absolute atomic E-state index is 0.666. The van der Waals surface area contributed by atoms with Gasteiger partial charge < -0.3 is 4.42 Å². The molecule has 0 aliphatic carbocycles. The van der Waals surface area contributed by atoms with Crippen molar-refractivity contribution >= 4 is 54.2 Å². The SMILES string of the molecule is c1ccc(-c2nc3c(cc4c5cccc6cccc(c7cccc3c74)c65)o2)cc1. The van der Waals surface area contributed by atoms with Crippen LogP contribution in [0.3, 0.4) is 0 Å². The minimum Gasteiger partial charge on any atom is -0.436 e. The van der Waals surface area contributed by atoms with E-state index < -0.39 is 0 Å². The lowest BCUT2D eigenvalue weighted by molar-refractivity contribution is 0.620. The van der Waals surface area contributed by atoms with Gasteiger partial charge in [-0.05, 0) is 55.9 Å². The molecule has 0 aliphatic heterocycles. The van der Waals surface area contributed by atoms with Gasteiger partial charge in [0.25, 0.3) is 0 Å². The smallest absolute Gasteiger partial charge is 0.227 e. The summed E-state index contributed by atoms with van der Waals surface area (Å²) in [7, 11) is 0. The number of hydrogen-bond donors (Lipinski definition) is 0. The van der Waals surface area contributed by atoms with Crippen molar-refractivity contribution in [1.29, 1.82) is 0 Å². The van der Waals surface area contributed by atoms with Gasteiger partial charge in [0.2, 0.25) is 5.89 Å². The molecular weight excluding hydrogens is 354 g/mol. The molecule has 1 aromatic heterocycles. The molecule has 7 aromatic rings. The van der Waals surface area contributed by atoms with Crippen molar-refractivity contribution in [1.82, 2.24) is 4.98 Å². The van der Waals surface area contributed by atoms with Crippen LogP contribution in [0.2, 0.25) is 0 Å². The van der Waals surface area contributed by atoms with Crippen molar-refractivity contribution in [2.24, 2.45) is 0 Å². The van der Waals surface area contributed by atoms with E-state index in [9.17, 15) is 0 Å². The molecule has 0 aliphatic rings. The molecule has 134 valence electrons. The van der Waals surface area contributed by atoms with Crippen molar-refractivity contribution in [3.8, 4) is 11.5 Å². The summed E-state index contributed by atoms with van der Waals surface area (Å²) in [5.41, 5.74) is 2.76. The second-order valence-corrected chi connectivity index (χ2v) is 7.59. The van der Waals surface area contributed by atoms with Gasteiger partial charge >= 0.3 is 0 Å². The van der Waals surface area contributed by atoms with Gasteiger partial charge in [-0.3, -0.25) is 0 Å². The van der Waals surface area contributed by atoms with Gasteiger partial charge in [-0.15, -0.1) is 0 Å². The third-order valence-corrected chi connectivity index (χ3v) is 6.02. The van der Waals surface area contributed by atoms with E-state index in [2.05, 4.69) is 60.7 Å². The fourth-order valence-corrected chi connectivity index (χ4v) is 4.80. The van der Waals surface area contributed by atoms with Crippen LogP contribution in [0.25, 0.3) is 65.6 Å². The maximum Gasteiger partial charge on any atom is 0.227 e. The molecule has 0 amide bonds. The highest BCUT2D eigenvalue weighted by atomic mass is 16.3. The summed E-state index contributed by atoms with van der Waals surface area (Å²) in [5.74, 6) is 0.666. The number of hydrogen-bond acceptors (Lipinski definition) is 2. The van der Waals surface area contributed by atoms with Crippen LogP contribution in [0.5, 0.6) is 0 Å². The molecular formula is C27H15NO. The molecule has 0 spiro atoms. The van der Waals surface area contributed by atoms with E-state index >= 15 is 0 Å². The van der Waals surface area contributed by atoms with Gasteiger partial charge in [0.05, 0.1) is 0 Å². The molecule has 7 rings (SSSR count). The number of nitrogens with zero attached hydrogens (tertiary/aromatic N) is 1. The van der Waals surface area contributed by atoms with Crippen LogP contribution in [0.1, 0.15) is 0 Å². The van der Waals surface area contributed by atoms with E-state index in [4.69, 9.17) is 9.40 Å². The molecule has 1 heterocycles. The first-order valence-electron chi connectivity index (χ1n) is 9.83. The Kier molecular flexibility index (Phi) is 2.77. The Morgan fingerprint density at radius 1 is 0.552 bits per heavy atom. The van der Waals surface area contributed by atoms with E-state index in [1.165, 1.54) is 37.7 Å². The second-order valence-electron chi connectivity index (χ2n) is 7.59. The van der Waals surface area contributed by atoms with Crippen molar-refractivity contribution < 1.29 is 4.42 Å². The van der Waals surface area contributed by atoms with Crippen LogP contribution < -0.4 is 0 Å². The number of aromatic nitrogens is 1. The highest BCUT2D eigenvalue weighted by Gasteiger charge is 2.17. The maximum atomic E-state index is 6.24. The molecule has 0 radical (unpaired) electrons. The molecule has 0 unspecified atom stereocenters. The lowest BCUT2D eigenvalue weighted by atomic mass is 9.89. The zero-order chi connectivity index (χ0) is 18.9. The topological polar surface area (TPSA) is 26.0 Å². The first-order valence-corrected chi connectivity index (χ1v) is 9.83. The Labute approximate surface area is 166 Å². The summed E-state index contributed by atoms with van der Waals surface area (Å²) in [5, 5.41) is 10.0. The first kappa shape index (κ1) is 15.1. The third kappa shape index (κ3) is 1.93. The molecule has 2 nitrogen and oxygen atoms in total. The number of fused-ring (bicyclic) bond motifs is 4. The quantitative estimate of drug-likeness (QED) is 0.221. The fraction of sp³-hybridized carbons (Fsp3) is 0. The molecule has 6 aromatic carbocycles. The molecule has 0 saturated carbocycles. The van der Waals surface area contributed by atoms with Crippen LogP contribution in [-0.2, 0) is 0 Å². The van der Waals surface area contributed by atoms with Crippen molar-refractivity contribution in [3.05, 3.63) is 91.0 Å². The molecule has 0 fully saturated rings. The fourth-order valence-electron chi connectivity index (χ4n) is 4.80. The second kappa shape index (κ2) is 5.33. The van der Waals surface area contributed by atoms with E-state index in [0.717, 1.165) is 22.0 Å². The molecule has 0 atom stereocenters. The van der Waals surface area contributed by atoms with Crippen molar-refractivity contribution in [2.45, 2.75) is 0 Å². The Bertz CT molecular complexity index is 1690. The zero-order valence-electron chi connectivity index (χ0n) is 15.5. The molecule has 0 N–H and O–H groups in total. The van der Waals surface area contributed by atoms with Crippen LogP contribution in [-0.4, -0.2) is 4.98 Å². The van der Waals surface area contributed by atoms with Crippen molar-refractivity contribution in [3.63, 3.8) is 0 Å². The van der Waals surface area contributed by atoms with E-state index in [1.807, 2.05) is 30.3 Å². The highest BCUT2D eigenvalue weighted by Crippen LogP contribution is 2.43. The average Bonchev–Trinajstić information content (AvgIpc) is 3.22. The van der Waals surface area contributed by atoms with Crippen LogP contribution in [0, 0.1) is 0 Å². The molecule has 0 saturated heterocycles. The predicted octanol–water partition coefficient (Wildman–Crippen LogP) is 7.55. The van der Waals surface area contributed by atoms with Gasteiger partial charge in [0, 0.05) is 10.9 Å². The lowest BCUT2D eigenvalue weighted by Gasteiger charge is -2.14. The molecule has 0 bridgehead atoms. The molecule has 29 heavy (non-hydrogen) atoms. The van der Waals surface area contributed by atoms with Gasteiger partial charge in [-0.25, -0.2) is 4.98 Å². The largest absolute Gasteiger partial charge is 0.436 e. The van der Waals surface area contributed by atoms with Crippen LogP contribution in [0.15, 0.2) is 95.4 Å². The number of benzene rings is 6. The first-order chi connectivity index (χ1) is 14.4. The minimum atomic E-state index is 0.666. The number of rotatable bonds is 1. The summed E-state index contributed by atoms with van der Waals surface area (Å²) in [6.45, 7) is 0. The van der Waals surface area contributed by atoms with Gasteiger partial charge in [-0.1, -0.05) is 72.8 Å². The van der Waals surface area contributed by atoms with E-state index in [-0.39, 0.29) is 0 Å². The number of oxazole rings is 1. The normalized spacial score (nSPS) is 12.1. The average molecular weight is 369 g/mol. The summed E-state index contributed by atoms with van der Waals surface area (Å²) in [6.07, 6.45) is 0. The van der Waals surface area contributed by atoms with E-state index in [1.54, 1.807) is 0 Å². The Balaban J connectivity index is 1.74. The lowest BCUT2D eigenvalue weighted by Crippen LogP contribution is -1.87. The van der Waals surface area contributed by atoms with Gasteiger partial charge in [-0.2, -0.15) is 0 Å². The zero-order valence-corrected chi connectivity index (χ0v) is 15.5. The van der Waals surface area contributed by atoms with Crippen LogP contribution in [0.4, 0.5) is 0 Å². The van der Waals surface area contributed by atoms with Crippen molar-refractivity contribution in [2.75, 3.05) is 0 Å². The van der Waals surface area contributed by atoms with E-state index in [0.29, 0.717) is 5.89 Å². The third-order valence-electron chi connectivity index (χ3n) is 6.02. The molecule has 2 heteroatoms. The standard InChI is InChI=1S/C27H15NO/c1-2-7-17(8-3-1)27-28-26-21-14-6-13-19-18-11-4-9-16-10-5-12-20(24(16)18)22(25(19)21)15-23(26)29-27/h1-15H. The summed E-state index contributed by atoms with van der Waals surface area (Å²) >= 11 is 0.